The quantitative estimate of drug-likeness (QED) is 0.612. The SMILES string of the molecule is COc1ccc(OC)c(C(C)NC(=O)NCc2ccc(C(=O)N3CC(C)OC(C)C3)cc2)c1.Cl. The minimum absolute atomic E-state index is 0. The molecule has 1 aliphatic rings. The summed E-state index contributed by atoms with van der Waals surface area (Å²) < 4.78 is 16.4. The van der Waals surface area contributed by atoms with E-state index in [9.17, 15) is 9.59 Å². The fourth-order valence-corrected chi connectivity index (χ4v) is 3.98. The van der Waals surface area contributed by atoms with Gasteiger partial charge in [-0.25, -0.2) is 4.79 Å². The Bertz CT molecular complexity index is 960. The van der Waals surface area contributed by atoms with Gasteiger partial charge in [0.1, 0.15) is 11.5 Å². The topological polar surface area (TPSA) is 89.1 Å². The van der Waals surface area contributed by atoms with Crippen LogP contribution in [-0.2, 0) is 11.3 Å². The molecule has 0 saturated carbocycles. The minimum atomic E-state index is -0.302. The van der Waals surface area contributed by atoms with Crippen LogP contribution in [0.5, 0.6) is 11.5 Å². The third kappa shape index (κ3) is 7.01. The lowest BCUT2D eigenvalue weighted by Crippen LogP contribution is -2.48. The number of ether oxygens (including phenoxy) is 3. The molecule has 1 saturated heterocycles. The number of nitrogens with zero attached hydrogens (tertiary/aromatic N) is 1. The molecule has 3 unspecified atom stereocenters. The minimum Gasteiger partial charge on any atom is -0.497 e. The fraction of sp³-hybridized carbons (Fsp3) is 0.440. The van der Waals surface area contributed by atoms with Crippen LogP contribution in [-0.4, -0.2) is 56.4 Å². The number of benzene rings is 2. The Morgan fingerprint density at radius 1 is 1.06 bits per heavy atom. The summed E-state index contributed by atoms with van der Waals surface area (Å²) in [5.74, 6) is 1.36. The molecule has 1 heterocycles. The smallest absolute Gasteiger partial charge is 0.315 e. The molecule has 2 aromatic carbocycles. The Morgan fingerprint density at radius 3 is 2.29 bits per heavy atom. The molecule has 2 aromatic rings. The van der Waals surface area contributed by atoms with Crippen LogP contribution in [0.1, 0.15) is 48.3 Å². The largest absolute Gasteiger partial charge is 0.497 e. The lowest BCUT2D eigenvalue weighted by atomic mass is 10.1. The van der Waals surface area contributed by atoms with Gasteiger partial charge in [0.25, 0.3) is 5.91 Å². The van der Waals surface area contributed by atoms with Crippen molar-refractivity contribution in [2.75, 3.05) is 27.3 Å². The van der Waals surface area contributed by atoms with Gasteiger partial charge in [0.15, 0.2) is 0 Å². The Morgan fingerprint density at radius 2 is 1.71 bits per heavy atom. The average Bonchev–Trinajstić information content (AvgIpc) is 2.81. The van der Waals surface area contributed by atoms with Crippen molar-refractivity contribution in [1.82, 2.24) is 15.5 Å². The van der Waals surface area contributed by atoms with Crippen molar-refractivity contribution in [3.05, 3.63) is 59.2 Å². The molecule has 0 radical (unpaired) electrons. The van der Waals surface area contributed by atoms with Crippen molar-refractivity contribution in [2.45, 2.75) is 45.6 Å². The maximum absolute atomic E-state index is 12.8. The molecule has 186 valence electrons. The summed E-state index contributed by atoms with van der Waals surface area (Å²) in [5, 5.41) is 5.77. The van der Waals surface area contributed by atoms with E-state index in [4.69, 9.17) is 14.2 Å². The van der Waals surface area contributed by atoms with Crippen LogP contribution in [0.2, 0.25) is 0 Å². The maximum Gasteiger partial charge on any atom is 0.315 e. The van der Waals surface area contributed by atoms with E-state index in [1.807, 2.05) is 56.0 Å². The van der Waals surface area contributed by atoms with Gasteiger partial charge in [0.2, 0.25) is 0 Å². The molecular weight excluding hydrogens is 458 g/mol. The first-order valence-electron chi connectivity index (χ1n) is 11.1. The second-order valence-electron chi connectivity index (χ2n) is 8.32. The third-order valence-electron chi connectivity index (χ3n) is 5.61. The lowest BCUT2D eigenvalue weighted by Gasteiger charge is -2.35. The van der Waals surface area contributed by atoms with Crippen molar-refractivity contribution >= 4 is 24.3 Å². The summed E-state index contributed by atoms with van der Waals surface area (Å²) in [4.78, 5) is 27.1. The number of urea groups is 1. The number of rotatable bonds is 7. The number of morpholine rings is 1. The number of carbonyl (C=O) groups is 2. The second-order valence-corrected chi connectivity index (χ2v) is 8.32. The summed E-state index contributed by atoms with van der Waals surface area (Å²) in [7, 11) is 3.18. The molecule has 3 amide bonds. The first kappa shape index (κ1) is 27.3. The van der Waals surface area contributed by atoms with E-state index in [-0.39, 0.29) is 42.6 Å². The monoisotopic (exact) mass is 491 g/mol. The fourth-order valence-electron chi connectivity index (χ4n) is 3.98. The first-order chi connectivity index (χ1) is 15.8. The standard InChI is InChI=1S/C25H33N3O5.ClH/c1-16-14-28(15-17(2)33-16)24(29)20-8-6-19(7-9-20)13-26-25(30)27-18(3)22-12-21(31-4)10-11-23(22)32-5;/h6-12,16-18H,13-15H2,1-5H3,(H2,26,27,30);1H. The van der Waals surface area contributed by atoms with Crippen molar-refractivity contribution < 1.29 is 23.8 Å². The maximum atomic E-state index is 12.8. The zero-order valence-electron chi connectivity index (χ0n) is 20.3. The highest BCUT2D eigenvalue weighted by atomic mass is 35.5. The molecule has 1 fully saturated rings. The van der Waals surface area contributed by atoms with Crippen LogP contribution in [0.4, 0.5) is 4.79 Å². The number of hydrogen-bond acceptors (Lipinski definition) is 5. The van der Waals surface area contributed by atoms with Crippen molar-refractivity contribution in [1.29, 1.82) is 0 Å². The summed E-state index contributed by atoms with van der Waals surface area (Å²) in [6.45, 7) is 7.34. The molecule has 9 heteroatoms. The molecule has 34 heavy (non-hydrogen) atoms. The number of halogens is 1. The second kappa shape index (κ2) is 12.5. The Hall–Kier alpha value is -2.97. The van der Waals surface area contributed by atoms with E-state index >= 15 is 0 Å². The summed E-state index contributed by atoms with van der Waals surface area (Å²) in [6.07, 6.45) is 0.0537. The number of carbonyl (C=O) groups excluding carboxylic acids is 2. The van der Waals surface area contributed by atoms with Crippen LogP contribution in [0, 0.1) is 0 Å². The highest BCUT2D eigenvalue weighted by molar-refractivity contribution is 5.94. The highest BCUT2D eigenvalue weighted by Crippen LogP contribution is 2.29. The zero-order chi connectivity index (χ0) is 24.0. The summed E-state index contributed by atoms with van der Waals surface area (Å²) >= 11 is 0. The van der Waals surface area contributed by atoms with Crippen LogP contribution in [0.3, 0.4) is 0 Å². The molecule has 2 N–H and O–H groups in total. The molecule has 0 aromatic heterocycles. The van der Waals surface area contributed by atoms with Gasteiger partial charge >= 0.3 is 6.03 Å². The number of hydrogen-bond donors (Lipinski definition) is 2. The van der Waals surface area contributed by atoms with Gasteiger partial charge in [0, 0.05) is 30.8 Å². The number of amides is 3. The Kier molecular flexibility index (Phi) is 10.0. The van der Waals surface area contributed by atoms with Gasteiger partial charge < -0.3 is 29.7 Å². The molecule has 0 bridgehead atoms. The van der Waals surface area contributed by atoms with Gasteiger partial charge in [0.05, 0.1) is 32.5 Å². The van der Waals surface area contributed by atoms with E-state index in [0.717, 1.165) is 11.1 Å². The molecule has 1 aliphatic heterocycles. The molecule has 0 aliphatic carbocycles. The van der Waals surface area contributed by atoms with Crippen molar-refractivity contribution in [3.63, 3.8) is 0 Å². The number of methoxy groups -OCH3 is 2. The van der Waals surface area contributed by atoms with E-state index in [2.05, 4.69) is 10.6 Å². The van der Waals surface area contributed by atoms with Gasteiger partial charge in [-0.1, -0.05) is 12.1 Å². The summed E-state index contributed by atoms with van der Waals surface area (Å²) in [5.41, 5.74) is 2.35. The molecular formula is C25H34ClN3O5. The average molecular weight is 492 g/mol. The normalized spacial score (nSPS) is 18.3. The van der Waals surface area contributed by atoms with Crippen LogP contribution >= 0.6 is 12.4 Å². The van der Waals surface area contributed by atoms with Gasteiger partial charge in [-0.15, -0.1) is 12.4 Å². The molecule has 8 nitrogen and oxygen atoms in total. The molecule has 0 spiro atoms. The zero-order valence-corrected chi connectivity index (χ0v) is 21.1. The molecule has 3 atom stereocenters. The van der Waals surface area contributed by atoms with Crippen molar-refractivity contribution in [2.24, 2.45) is 0 Å². The first-order valence-corrected chi connectivity index (χ1v) is 11.1. The highest BCUT2D eigenvalue weighted by Gasteiger charge is 2.26. The van der Waals surface area contributed by atoms with Crippen LogP contribution < -0.4 is 20.1 Å². The van der Waals surface area contributed by atoms with Crippen LogP contribution in [0.25, 0.3) is 0 Å². The van der Waals surface area contributed by atoms with E-state index < -0.39 is 0 Å². The van der Waals surface area contributed by atoms with Gasteiger partial charge in [-0.05, 0) is 56.7 Å². The lowest BCUT2D eigenvalue weighted by molar-refractivity contribution is -0.0586. The Balaban J connectivity index is 0.00000408. The predicted molar refractivity (Wildman–Crippen MR) is 133 cm³/mol. The molecule has 3 rings (SSSR count). The Labute approximate surface area is 207 Å². The van der Waals surface area contributed by atoms with Gasteiger partial charge in [-0.2, -0.15) is 0 Å². The van der Waals surface area contributed by atoms with E-state index in [1.165, 1.54) is 0 Å². The predicted octanol–water partition coefficient (Wildman–Crippen LogP) is 3.94. The van der Waals surface area contributed by atoms with Crippen LogP contribution in [0.15, 0.2) is 42.5 Å². The third-order valence-corrected chi connectivity index (χ3v) is 5.61. The van der Waals surface area contributed by atoms with Gasteiger partial charge in [-0.3, -0.25) is 4.79 Å². The van der Waals surface area contributed by atoms with E-state index in [0.29, 0.717) is 36.7 Å². The number of nitrogens with one attached hydrogen (secondary N) is 2. The van der Waals surface area contributed by atoms with Crippen molar-refractivity contribution in [3.8, 4) is 11.5 Å². The summed E-state index contributed by atoms with van der Waals surface area (Å²) in [6, 6.07) is 12.2. The van der Waals surface area contributed by atoms with E-state index in [1.54, 1.807) is 26.4 Å².